The number of allylic oxidation sites excluding steroid dienone is 1. The summed E-state index contributed by atoms with van der Waals surface area (Å²) < 4.78 is 5.41. The van der Waals surface area contributed by atoms with Crippen molar-refractivity contribution in [3.05, 3.63) is 48.0 Å². The smallest absolute Gasteiger partial charge is 0.0594 e. The third kappa shape index (κ3) is 3.69. The van der Waals surface area contributed by atoms with Gasteiger partial charge in [0, 0.05) is 19.1 Å². The fraction of sp³-hybridized carbons (Fsp3) is 0.467. The highest BCUT2D eigenvalue weighted by molar-refractivity contribution is 5.17. The van der Waals surface area contributed by atoms with Gasteiger partial charge in [-0.3, -0.25) is 4.90 Å². The van der Waals surface area contributed by atoms with Gasteiger partial charge in [0.2, 0.25) is 0 Å². The molecule has 0 amide bonds. The minimum Gasteiger partial charge on any atom is -0.379 e. The van der Waals surface area contributed by atoms with Crippen LogP contribution >= 0.6 is 0 Å². The van der Waals surface area contributed by atoms with Crippen molar-refractivity contribution in [3.63, 3.8) is 0 Å². The molecular weight excluding hydrogens is 210 g/mol. The van der Waals surface area contributed by atoms with Crippen molar-refractivity contribution >= 4 is 0 Å². The maximum atomic E-state index is 5.41. The molecule has 1 aliphatic rings. The molecule has 1 aromatic rings. The molecule has 1 fully saturated rings. The summed E-state index contributed by atoms with van der Waals surface area (Å²) in [6.07, 6.45) is 5.55. The number of rotatable bonds is 4. The lowest BCUT2D eigenvalue weighted by atomic mass is 10.0. The maximum absolute atomic E-state index is 5.41. The predicted molar refractivity (Wildman–Crippen MR) is 71.1 cm³/mol. The van der Waals surface area contributed by atoms with Gasteiger partial charge in [0.25, 0.3) is 0 Å². The van der Waals surface area contributed by atoms with E-state index in [0.717, 1.165) is 32.7 Å². The molecule has 0 saturated carbocycles. The van der Waals surface area contributed by atoms with Gasteiger partial charge in [-0.2, -0.15) is 0 Å². The van der Waals surface area contributed by atoms with E-state index in [2.05, 4.69) is 54.3 Å². The second-order valence-electron chi connectivity index (χ2n) is 4.43. The van der Waals surface area contributed by atoms with Crippen molar-refractivity contribution in [3.8, 4) is 0 Å². The third-order valence-electron chi connectivity index (χ3n) is 3.22. The highest BCUT2D eigenvalue weighted by Gasteiger charge is 2.18. The molecule has 1 unspecified atom stereocenters. The highest BCUT2D eigenvalue weighted by Crippen LogP contribution is 2.12. The van der Waals surface area contributed by atoms with Gasteiger partial charge in [-0.25, -0.2) is 0 Å². The fourth-order valence-electron chi connectivity index (χ4n) is 2.31. The quantitative estimate of drug-likeness (QED) is 0.738. The van der Waals surface area contributed by atoms with E-state index < -0.39 is 0 Å². The van der Waals surface area contributed by atoms with Gasteiger partial charge in [-0.05, 0) is 18.9 Å². The van der Waals surface area contributed by atoms with Gasteiger partial charge in [0.05, 0.1) is 13.2 Å². The van der Waals surface area contributed by atoms with Crippen LogP contribution in [-0.2, 0) is 11.2 Å². The summed E-state index contributed by atoms with van der Waals surface area (Å²) >= 11 is 0. The van der Waals surface area contributed by atoms with E-state index in [1.54, 1.807) is 0 Å². The molecule has 2 rings (SSSR count). The van der Waals surface area contributed by atoms with Crippen molar-refractivity contribution in [2.75, 3.05) is 26.3 Å². The molecular formula is C15H21NO. The van der Waals surface area contributed by atoms with Crippen LogP contribution in [0.25, 0.3) is 0 Å². The first-order valence-corrected chi connectivity index (χ1v) is 6.38. The Morgan fingerprint density at radius 2 is 1.94 bits per heavy atom. The number of benzene rings is 1. The molecule has 0 bridgehead atoms. The Labute approximate surface area is 104 Å². The lowest BCUT2D eigenvalue weighted by Gasteiger charge is -2.33. The van der Waals surface area contributed by atoms with E-state index in [9.17, 15) is 0 Å². The number of hydrogen-bond acceptors (Lipinski definition) is 2. The number of hydrogen-bond donors (Lipinski definition) is 0. The summed E-state index contributed by atoms with van der Waals surface area (Å²) in [6, 6.07) is 11.2. The number of ether oxygens (including phenoxy) is 1. The Balaban J connectivity index is 2.01. The van der Waals surface area contributed by atoms with E-state index in [1.165, 1.54) is 5.56 Å². The minimum absolute atomic E-state index is 0.506. The molecule has 92 valence electrons. The first-order valence-electron chi connectivity index (χ1n) is 6.38. The molecule has 0 radical (unpaired) electrons. The average Bonchev–Trinajstić information content (AvgIpc) is 2.40. The molecule has 0 spiro atoms. The second-order valence-corrected chi connectivity index (χ2v) is 4.43. The molecule has 2 heteroatoms. The monoisotopic (exact) mass is 231 g/mol. The van der Waals surface area contributed by atoms with Crippen LogP contribution in [0.3, 0.4) is 0 Å². The van der Waals surface area contributed by atoms with Crippen LogP contribution < -0.4 is 0 Å². The summed E-state index contributed by atoms with van der Waals surface area (Å²) in [6.45, 7) is 5.91. The summed E-state index contributed by atoms with van der Waals surface area (Å²) in [4.78, 5) is 2.51. The Kier molecular flexibility index (Phi) is 4.77. The average molecular weight is 231 g/mol. The van der Waals surface area contributed by atoms with Crippen molar-refractivity contribution in [1.82, 2.24) is 4.90 Å². The molecule has 1 saturated heterocycles. The molecule has 0 aromatic heterocycles. The Hall–Kier alpha value is -1.12. The van der Waals surface area contributed by atoms with E-state index in [-0.39, 0.29) is 0 Å². The van der Waals surface area contributed by atoms with Crippen LogP contribution in [0.2, 0.25) is 0 Å². The highest BCUT2D eigenvalue weighted by atomic mass is 16.5. The van der Waals surface area contributed by atoms with E-state index in [1.807, 2.05) is 0 Å². The van der Waals surface area contributed by atoms with Crippen LogP contribution in [0, 0.1) is 0 Å². The van der Waals surface area contributed by atoms with Crippen molar-refractivity contribution in [1.29, 1.82) is 0 Å². The van der Waals surface area contributed by atoms with Crippen molar-refractivity contribution in [2.45, 2.75) is 19.4 Å². The molecule has 2 nitrogen and oxygen atoms in total. The van der Waals surface area contributed by atoms with Crippen LogP contribution in [0.15, 0.2) is 42.5 Å². The molecule has 1 aromatic carbocycles. The van der Waals surface area contributed by atoms with Crippen LogP contribution in [0.4, 0.5) is 0 Å². The lowest BCUT2D eigenvalue weighted by molar-refractivity contribution is 0.0257. The van der Waals surface area contributed by atoms with Gasteiger partial charge in [-0.15, -0.1) is 0 Å². The van der Waals surface area contributed by atoms with Gasteiger partial charge in [0.15, 0.2) is 0 Å². The standard InChI is InChI=1S/C15H21NO/c1-2-6-15(16-9-11-17-12-10-16)13-14-7-4-3-5-8-14/h2-8,15H,9-13H2,1H3. The van der Waals surface area contributed by atoms with E-state index >= 15 is 0 Å². The summed E-state index contributed by atoms with van der Waals surface area (Å²) in [5, 5.41) is 0. The first-order chi connectivity index (χ1) is 8.40. The van der Waals surface area contributed by atoms with Gasteiger partial charge >= 0.3 is 0 Å². The zero-order valence-corrected chi connectivity index (χ0v) is 10.5. The molecule has 1 atom stereocenters. The topological polar surface area (TPSA) is 12.5 Å². The summed E-state index contributed by atoms with van der Waals surface area (Å²) in [5.74, 6) is 0. The van der Waals surface area contributed by atoms with Crippen molar-refractivity contribution in [2.24, 2.45) is 0 Å². The van der Waals surface area contributed by atoms with Gasteiger partial charge in [0.1, 0.15) is 0 Å². The Bertz CT molecular complexity index is 341. The van der Waals surface area contributed by atoms with E-state index in [0.29, 0.717) is 6.04 Å². The van der Waals surface area contributed by atoms with Crippen LogP contribution in [-0.4, -0.2) is 37.2 Å². The molecule has 0 N–H and O–H groups in total. The van der Waals surface area contributed by atoms with Crippen LogP contribution in [0.5, 0.6) is 0 Å². The van der Waals surface area contributed by atoms with Gasteiger partial charge < -0.3 is 4.74 Å². The normalized spacial score (nSPS) is 19.6. The minimum atomic E-state index is 0.506. The number of morpholine rings is 1. The molecule has 17 heavy (non-hydrogen) atoms. The van der Waals surface area contributed by atoms with Crippen LogP contribution in [0.1, 0.15) is 12.5 Å². The maximum Gasteiger partial charge on any atom is 0.0594 e. The fourth-order valence-corrected chi connectivity index (χ4v) is 2.31. The molecule has 0 aliphatic carbocycles. The first kappa shape index (κ1) is 12.3. The molecule has 1 aliphatic heterocycles. The zero-order valence-electron chi connectivity index (χ0n) is 10.5. The lowest BCUT2D eigenvalue weighted by Crippen LogP contribution is -2.43. The third-order valence-corrected chi connectivity index (χ3v) is 3.22. The van der Waals surface area contributed by atoms with Gasteiger partial charge in [-0.1, -0.05) is 42.5 Å². The SMILES string of the molecule is CC=CC(Cc1ccccc1)N1CCOCC1. The zero-order chi connectivity index (χ0) is 11.9. The molecule has 1 heterocycles. The Morgan fingerprint density at radius 1 is 1.24 bits per heavy atom. The van der Waals surface area contributed by atoms with E-state index in [4.69, 9.17) is 4.74 Å². The summed E-state index contributed by atoms with van der Waals surface area (Å²) in [5.41, 5.74) is 1.40. The predicted octanol–water partition coefficient (Wildman–Crippen LogP) is 2.51. The van der Waals surface area contributed by atoms with Crippen molar-refractivity contribution < 1.29 is 4.74 Å². The second kappa shape index (κ2) is 6.58. The Morgan fingerprint density at radius 3 is 2.59 bits per heavy atom. The largest absolute Gasteiger partial charge is 0.379 e. The number of nitrogens with zero attached hydrogens (tertiary/aromatic N) is 1. The summed E-state index contributed by atoms with van der Waals surface area (Å²) in [7, 11) is 0.